The van der Waals surface area contributed by atoms with E-state index in [0.29, 0.717) is 29.1 Å². The fourth-order valence-electron chi connectivity index (χ4n) is 3.89. The zero-order valence-electron chi connectivity index (χ0n) is 18.9. The van der Waals surface area contributed by atoms with Gasteiger partial charge in [0.25, 0.3) is 0 Å². The maximum absolute atomic E-state index is 11.5. The van der Waals surface area contributed by atoms with Crippen molar-refractivity contribution >= 4 is 28.7 Å². The number of aryl methyl sites for hydroxylation is 1. The molecule has 0 fully saturated rings. The Bertz CT molecular complexity index is 1570. The lowest BCUT2D eigenvalue weighted by Crippen LogP contribution is -1.97. The van der Waals surface area contributed by atoms with Gasteiger partial charge in [0.15, 0.2) is 5.58 Å². The van der Waals surface area contributed by atoms with E-state index in [1.54, 1.807) is 12.1 Å². The Morgan fingerprint density at radius 2 is 1.83 bits per heavy atom. The van der Waals surface area contributed by atoms with Crippen molar-refractivity contribution in [3.8, 4) is 17.2 Å². The first kappa shape index (κ1) is 22.0. The largest absolute Gasteiger partial charge is 0.502 e. The van der Waals surface area contributed by atoms with E-state index in [-0.39, 0.29) is 11.3 Å². The van der Waals surface area contributed by atoms with Crippen LogP contribution in [0.2, 0.25) is 0 Å². The topological polar surface area (TPSA) is 102 Å². The minimum Gasteiger partial charge on any atom is -0.502 e. The van der Waals surface area contributed by atoms with E-state index in [4.69, 9.17) is 4.42 Å². The molecule has 7 nitrogen and oxygen atoms in total. The Kier molecular flexibility index (Phi) is 5.81. The lowest BCUT2D eigenvalue weighted by atomic mass is 10.0. The molecule has 0 aliphatic heterocycles. The number of oxazole rings is 1. The highest BCUT2D eigenvalue weighted by Crippen LogP contribution is 2.32. The molecule has 35 heavy (non-hydrogen) atoms. The smallest absolute Gasteiger partial charge is 0.311 e. The summed E-state index contributed by atoms with van der Waals surface area (Å²) in [5.41, 5.74) is 5.55. The van der Waals surface area contributed by atoms with Crippen LogP contribution in [0.4, 0.5) is 11.4 Å². The minimum atomic E-state index is -0.587. The molecule has 1 aromatic heterocycles. The number of phenols is 1. The molecular formula is C28H21N3O4. The van der Waals surface area contributed by atoms with Crippen molar-refractivity contribution in [1.29, 1.82) is 0 Å². The molecule has 0 aliphatic rings. The van der Waals surface area contributed by atoms with Crippen LogP contribution in [0.3, 0.4) is 0 Å². The van der Waals surface area contributed by atoms with Crippen LogP contribution >= 0.6 is 0 Å². The van der Waals surface area contributed by atoms with E-state index in [2.05, 4.69) is 9.98 Å². The van der Waals surface area contributed by atoms with Crippen LogP contribution < -0.4 is 0 Å². The maximum atomic E-state index is 11.5. The van der Waals surface area contributed by atoms with Crippen LogP contribution in [0.1, 0.15) is 22.3 Å². The number of aliphatic imine (C=N–C) groups is 1. The second kappa shape index (κ2) is 9.23. The van der Waals surface area contributed by atoms with Crippen molar-refractivity contribution in [3.05, 3.63) is 117 Å². The number of aromatic hydroxyl groups is 1. The summed E-state index contributed by atoms with van der Waals surface area (Å²) in [5.74, 6) is 0.0621. The highest BCUT2D eigenvalue weighted by molar-refractivity contribution is 5.88. The molecule has 0 aliphatic carbocycles. The number of nitro benzene ring substituents is 1. The maximum Gasteiger partial charge on any atom is 0.311 e. The molecule has 5 aromatic rings. The fourth-order valence-corrected chi connectivity index (χ4v) is 3.89. The van der Waals surface area contributed by atoms with Crippen molar-refractivity contribution < 1.29 is 14.4 Å². The zero-order valence-corrected chi connectivity index (χ0v) is 18.9. The minimum absolute atomic E-state index is 0.271. The van der Waals surface area contributed by atoms with E-state index in [9.17, 15) is 15.2 Å². The molecule has 0 saturated heterocycles. The second-order valence-electron chi connectivity index (χ2n) is 8.27. The van der Waals surface area contributed by atoms with Crippen LogP contribution in [0, 0.1) is 17.0 Å². The Balaban J connectivity index is 1.47. The van der Waals surface area contributed by atoms with Gasteiger partial charge in [0, 0.05) is 23.4 Å². The van der Waals surface area contributed by atoms with Crippen molar-refractivity contribution in [3.63, 3.8) is 0 Å². The van der Waals surface area contributed by atoms with E-state index in [1.165, 1.54) is 12.3 Å². The van der Waals surface area contributed by atoms with E-state index in [1.807, 2.05) is 73.7 Å². The van der Waals surface area contributed by atoms with Gasteiger partial charge in [-0.1, -0.05) is 42.5 Å². The Morgan fingerprint density at radius 1 is 1.00 bits per heavy atom. The molecule has 7 heteroatoms. The van der Waals surface area contributed by atoms with Gasteiger partial charge in [-0.3, -0.25) is 15.1 Å². The quantitative estimate of drug-likeness (QED) is 0.170. The number of phenolic OH excluding ortho intramolecular Hbond substituents is 1. The van der Waals surface area contributed by atoms with Gasteiger partial charge in [-0.05, 0) is 66.4 Å². The van der Waals surface area contributed by atoms with Crippen molar-refractivity contribution in [1.82, 2.24) is 4.98 Å². The SMILES string of the molecule is Cc1ccc2nc(-c3cccc(N=Cc4cc(Cc5ccccc5)cc([N+](=O)[O-])c4O)c3)oc2c1. The average Bonchev–Trinajstić information content (AvgIpc) is 3.28. The average molecular weight is 463 g/mol. The summed E-state index contributed by atoms with van der Waals surface area (Å²) >= 11 is 0. The van der Waals surface area contributed by atoms with Crippen molar-refractivity contribution in [2.24, 2.45) is 4.99 Å². The molecule has 0 unspecified atom stereocenters. The number of nitro groups is 1. The Hall–Kier alpha value is -4.78. The van der Waals surface area contributed by atoms with E-state index < -0.39 is 10.7 Å². The van der Waals surface area contributed by atoms with Gasteiger partial charge in [-0.2, -0.15) is 0 Å². The first-order valence-corrected chi connectivity index (χ1v) is 11.0. The number of aromatic nitrogens is 1. The van der Waals surface area contributed by atoms with E-state index in [0.717, 1.165) is 22.2 Å². The second-order valence-corrected chi connectivity index (χ2v) is 8.27. The predicted molar refractivity (Wildman–Crippen MR) is 135 cm³/mol. The highest BCUT2D eigenvalue weighted by Gasteiger charge is 2.18. The lowest BCUT2D eigenvalue weighted by molar-refractivity contribution is -0.385. The van der Waals surface area contributed by atoms with Gasteiger partial charge in [0.2, 0.25) is 11.6 Å². The summed E-state index contributed by atoms with van der Waals surface area (Å²) in [6.07, 6.45) is 1.93. The number of hydrogen-bond acceptors (Lipinski definition) is 6. The molecule has 0 bridgehead atoms. The lowest BCUT2D eigenvalue weighted by Gasteiger charge is -2.06. The zero-order chi connectivity index (χ0) is 24.4. The number of rotatable bonds is 6. The van der Waals surface area contributed by atoms with Gasteiger partial charge in [0.1, 0.15) is 5.52 Å². The van der Waals surface area contributed by atoms with Gasteiger partial charge in [0.05, 0.1) is 10.6 Å². The predicted octanol–water partition coefficient (Wildman–Crippen LogP) is 6.76. The molecule has 172 valence electrons. The Labute approximate surface area is 201 Å². The monoisotopic (exact) mass is 463 g/mol. The number of fused-ring (bicyclic) bond motifs is 1. The van der Waals surface area contributed by atoms with Crippen LogP contribution in [-0.2, 0) is 6.42 Å². The number of nitrogens with zero attached hydrogens (tertiary/aromatic N) is 3. The van der Waals surface area contributed by atoms with Crippen LogP contribution in [0.5, 0.6) is 5.75 Å². The molecule has 0 spiro atoms. The first-order chi connectivity index (χ1) is 17.0. The van der Waals surface area contributed by atoms with Gasteiger partial charge in [-0.25, -0.2) is 4.98 Å². The summed E-state index contributed by atoms with van der Waals surface area (Å²) in [5, 5.41) is 22.0. The summed E-state index contributed by atoms with van der Waals surface area (Å²) in [6, 6.07) is 25.9. The summed E-state index contributed by atoms with van der Waals surface area (Å²) < 4.78 is 5.91. The fraction of sp³-hybridized carbons (Fsp3) is 0.0714. The third-order valence-corrected chi connectivity index (χ3v) is 5.62. The molecule has 0 saturated carbocycles. The molecule has 5 rings (SSSR count). The highest BCUT2D eigenvalue weighted by atomic mass is 16.6. The van der Waals surface area contributed by atoms with Crippen LogP contribution in [0.25, 0.3) is 22.6 Å². The molecule has 4 aromatic carbocycles. The molecule has 0 amide bonds. The van der Waals surface area contributed by atoms with Gasteiger partial charge < -0.3 is 9.52 Å². The normalized spacial score (nSPS) is 11.3. The van der Waals surface area contributed by atoms with E-state index >= 15 is 0 Å². The molecular weight excluding hydrogens is 442 g/mol. The molecule has 0 atom stereocenters. The van der Waals surface area contributed by atoms with Gasteiger partial charge in [-0.15, -0.1) is 0 Å². The third kappa shape index (κ3) is 4.79. The van der Waals surface area contributed by atoms with Crippen molar-refractivity contribution in [2.75, 3.05) is 0 Å². The summed E-state index contributed by atoms with van der Waals surface area (Å²) in [7, 11) is 0. The Morgan fingerprint density at radius 3 is 2.63 bits per heavy atom. The van der Waals surface area contributed by atoms with Crippen LogP contribution in [0.15, 0.2) is 94.3 Å². The number of benzene rings is 4. The van der Waals surface area contributed by atoms with Crippen LogP contribution in [-0.4, -0.2) is 21.2 Å². The summed E-state index contributed by atoms with van der Waals surface area (Å²) in [6.45, 7) is 1.99. The molecule has 0 radical (unpaired) electrons. The molecule has 1 heterocycles. The standard InChI is InChI=1S/C28H21N3O4/c1-18-10-11-24-26(12-18)35-28(30-24)21-8-5-9-23(16-21)29-17-22-14-20(13-19-6-3-2-4-7-19)15-25(27(22)32)31(33)34/h2-12,14-17,32H,13H2,1H3. The third-order valence-electron chi connectivity index (χ3n) is 5.62. The first-order valence-electron chi connectivity index (χ1n) is 11.0. The molecule has 1 N–H and O–H groups in total. The number of hydrogen-bond donors (Lipinski definition) is 1. The van der Waals surface area contributed by atoms with Crippen molar-refractivity contribution in [2.45, 2.75) is 13.3 Å². The summed E-state index contributed by atoms with van der Waals surface area (Å²) in [4.78, 5) is 20.0. The van der Waals surface area contributed by atoms with Gasteiger partial charge >= 0.3 is 5.69 Å².